The fourth-order valence-electron chi connectivity index (χ4n) is 4.58. The molecule has 0 aliphatic heterocycles. The Balaban J connectivity index is 0.00000206. The number of thiophene rings is 2. The van der Waals surface area contributed by atoms with Crippen molar-refractivity contribution in [3.8, 4) is 22.4 Å². The predicted octanol–water partition coefficient (Wildman–Crippen LogP) is 8.95. The van der Waals surface area contributed by atoms with Gasteiger partial charge in [-0.1, -0.05) is 42.5 Å². The third kappa shape index (κ3) is 3.25. The van der Waals surface area contributed by atoms with E-state index in [1.165, 1.54) is 51.5 Å². The molecule has 0 aliphatic carbocycles. The molecule has 4 heteroatoms. The number of hydrogen-bond donors (Lipinski definition) is 0. The van der Waals surface area contributed by atoms with E-state index in [9.17, 15) is 0 Å². The molecule has 0 fully saturated rings. The second-order valence-electron chi connectivity index (χ2n) is 7.91. The van der Waals surface area contributed by atoms with Gasteiger partial charge in [-0.2, -0.15) is 0 Å². The molecule has 1 radical (unpaired) electrons. The Morgan fingerprint density at radius 2 is 1.27 bits per heavy atom. The summed E-state index contributed by atoms with van der Waals surface area (Å²) >= 11 is 3.78. The van der Waals surface area contributed by atoms with Gasteiger partial charge in [-0.25, -0.2) is 0 Å². The van der Waals surface area contributed by atoms with E-state index in [1.807, 2.05) is 47.1 Å². The van der Waals surface area contributed by atoms with Gasteiger partial charge in [-0.3, -0.25) is 0 Å². The first kappa shape index (κ1) is 20.7. The van der Waals surface area contributed by atoms with Gasteiger partial charge >= 0.3 is 0 Å². The third-order valence-electron chi connectivity index (χ3n) is 6.04. The van der Waals surface area contributed by atoms with Crippen LogP contribution in [0.3, 0.4) is 0 Å². The van der Waals surface area contributed by atoms with Crippen LogP contribution in [0.25, 0.3) is 62.7 Å². The van der Waals surface area contributed by atoms with Crippen LogP contribution in [0, 0.1) is 6.07 Å². The van der Waals surface area contributed by atoms with Gasteiger partial charge < -0.3 is 4.98 Å². The summed E-state index contributed by atoms with van der Waals surface area (Å²) in [5.74, 6) is 0. The minimum atomic E-state index is 0. The fraction of sp³-hybridized carbons (Fsp3) is 0. The minimum Gasteiger partial charge on any atom is -0.305 e. The molecule has 0 unspecified atom stereocenters. The summed E-state index contributed by atoms with van der Waals surface area (Å²) < 4.78 is 5.35. The maximum Gasteiger partial charge on any atom is 0.0448 e. The van der Waals surface area contributed by atoms with E-state index < -0.39 is 0 Å². The van der Waals surface area contributed by atoms with Crippen LogP contribution >= 0.6 is 22.7 Å². The van der Waals surface area contributed by atoms with Crippen LogP contribution in [0.5, 0.6) is 0 Å². The Morgan fingerprint density at radius 3 is 1.91 bits per heavy atom. The Bertz CT molecular complexity index is 1690. The van der Waals surface area contributed by atoms with Crippen LogP contribution in [-0.2, 0) is 20.1 Å². The number of hydrogen-bond acceptors (Lipinski definition) is 3. The summed E-state index contributed by atoms with van der Waals surface area (Å²) in [7, 11) is 0. The molecule has 159 valence electrons. The molecule has 1 nitrogen and oxygen atoms in total. The summed E-state index contributed by atoms with van der Waals surface area (Å²) in [6.45, 7) is 0. The van der Waals surface area contributed by atoms with Crippen LogP contribution in [0.2, 0.25) is 0 Å². The monoisotopic (exact) mass is 635 g/mol. The smallest absolute Gasteiger partial charge is 0.0448 e. The normalized spacial score (nSPS) is 11.4. The van der Waals surface area contributed by atoms with Crippen LogP contribution in [-0.4, -0.2) is 4.98 Å². The average molecular weight is 635 g/mol. The topological polar surface area (TPSA) is 12.9 Å². The van der Waals surface area contributed by atoms with E-state index in [4.69, 9.17) is 0 Å². The fourth-order valence-corrected chi connectivity index (χ4v) is 7.16. The largest absolute Gasteiger partial charge is 0.305 e. The van der Waals surface area contributed by atoms with Gasteiger partial charge in [0.1, 0.15) is 0 Å². The summed E-state index contributed by atoms with van der Waals surface area (Å²) in [6.07, 6.45) is 1.93. The first-order chi connectivity index (χ1) is 15.9. The summed E-state index contributed by atoms with van der Waals surface area (Å²) in [5.41, 5.74) is 4.50. The second kappa shape index (κ2) is 8.16. The van der Waals surface area contributed by atoms with Gasteiger partial charge in [0, 0.05) is 72.2 Å². The first-order valence-electron chi connectivity index (χ1n) is 10.6. The van der Waals surface area contributed by atoms with Crippen molar-refractivity contribution in [2.24, 2.45) is 0 Å². The third-order valence-corrected chi connectivity index (χ3v) is 8.45. The maximum absolute atomic E-state index is 4.66. The van der Waals surface area contributed by atoms with Crippen molar-refractivity contribution in [3.05, 3.63) is 103 Å². The van der Waals surface area contributed by atoms with Gasteiger partial charge in [0.05, 0.1) is 0 Å². The average Bonchev–Trinajstić information content (AvgIpc) is 3.41. The molecule has 0 N–H and O–H groups in total. The van der Waals surface area contributed by atoms with Crippen LogP contribution < -0.4 is 0 Å². The number of benzene rings is 4. The van der Waals surface area contributed by atoms with E-state index in [2.05, 4.69) is 83.8 Å². The van der Waals surface area contributed by atoms with Gasteiger partial charge in [-0.05, 0) is 35.5 Å². The molecular formula is C29H16IrNS2-. The molecule has 3 heterocycles. The first-order valence-corrected chi connectivity index (χ1v) is 12.2. The molecule has 7 aromatic rings. The van der Waals surface area contributed by atoms with Crippen molar-refractivity contribution in [3.63, 3.8) is 0 Å². The zero-order chi connectivity index (χ0) is 21.1. The molecular weight excluding hydrogens is 619 g/mol. The summed E-state index contributed by atoms with van der Waals surface area (Å²) in [6, 6.07) is 35.6. The van der Waals surface area contributed by atoms with Crippen molar-refractivity contribution in [2.75, 3.05) is 0 Å². The summed E-state index contributed by atoms with van der Waals surface area (Å²) in [4.78, 5) is 4.66. The zero-order valence-electron chi connectivity index (χ0n) is 17.3. The molecule has 33 heavy (non-hydrogen) atoms. The standard InChI is InChI=1S/C29H16NS2.Ir/c1-2-8-18(9-3-1)24-16-19(14-15-30-24)27-28-22(20-10-4-6-12-25(20)31-28)17-23-21-11-5-7-13-26(21)32-29(23)27;/h1-8,10-17H;/q-1;. The predicted molar refractivity (Wildman–Crippen MR) is 140 cm³/mol. The van der Waals surface area contributed by atoms with E-state index in [-0.39, 0.29) is 20.1 Å². The van der Waals surface area contributed by atoms with Crippen molar-refractivity contribution in [1.29, 1.82) is 0 Å². The van der Waals surface area contributed by atoms with Crippen molar-refractivity contribution < 1.29 is 20.1 Å². The van der Waals surface area contributed by atoms with Gasteiger partial charge in [0.15, 0.2) is 0 Å². The van der Waals surface area contributed by atoms with Crippen LogP contribution in [0.1, 0.15) is 0 Å². The minimum absolute atomic E-state index is 0. The molecule has 0 spiro atoms. The molecule has 0 amide bonds. The number of fused-ring (bicyclic) bond motifs is 6. The van der Waals surface area contributed by atoms with Crippen molar-refractivity contribution in [1.82, 2.24) is 4.98 Å². The molecule has 0 saturated heterocycles. The number of aromatic nitrogens is 1. The van der Waals surface area contributed by atoms with E-state index in [1.54, 1.807) is 0 Å². The molecule has 0 aliphatic rings. The Hall–Kier alpha value is -2.88. The van der Waals surface area contributed by atoms with Crippen molar-refractivity contribution in [2.45, 2.75) is 0 Å². The Morgan fingerprint density at radius 1 is 0.636 bits per heavy atom. The van der Waals surface area contributed by atoms with Crippen molar-refractivity contribution >= 4 is 63.0 Å². The maximum atomic E-state index is 4.66. The molecule has 4 aromatic carbocycles. The molecule has 3 aromatic heterocycles. The van der Waals surface area contributed by atoms with Gasteiger partial charge in [-0.15, -0.1) is 58.6 Å². The van der Waals surface area contributed by atoms with Gasteiger partial charge in [0.25, 0.3) is 0 Å². The van der Waals surface area contributed by atoms with Gasteiger partial charge in [0.2, 0.25) is 0 Å². The molecule has 0 atom stereocenters. The summed E-state index contributed by atoms with van der Waals surface area (Å²) in [5, 5.41) is 5.33. The Labute approximate surface area is 212 Å². The molecule has 7 rings (SSSR count). The number of pyridine rings is 1. The number of nitrogens with zero attached hydrogens (tertiary/aromatic N) is 1. The van der Waals surface area contributed by atoms with E-state index >= 15 is 0 Å². The molecule has 0 bridgehead atoms. The zero-order valence-corrected chi connectivity index (χ0v) is 21.4. The molecule has 0 saturated carbocycles. The van der Waals surface area contributed by atoms with E-state index in [0.29, 0.717) is 0 Å². The number of rotatable bonds is 2. The Kier molecular flexibility index (Phi) is 5.12. The van der Waals surface area contributed by atoms with E-state index in [0.717, 1.165) is 11.3 Å². The van der Waals surface area contributed by atoms with Crippen LogP contribution in [0.15, 0.2) is 97.2 Å². The quantitative estimate of drug-likeness (QED) is 0.173. The second-order valence-corrected chi connectivity index (χ2v) is 10.0. The van der Waals surface area contributed by atoms with Crippen LogP contribution in [0.4, 0.5) is 0 Å². The SMILES string of the molecule is [Ir].[c-]1ccccc1-c1cc(-c2c3sc4ccccc4c3cc3c2sc2ccccc23)ccn1.